The minimum Gasteiger partial charge on any atom is -0.351 e. The molecule has 2 rings (SSSR count). The van der Waals surface area contributed by atoms with Crippen LogP contribution in [0.4, 0.5) is 17.6 Å². The first-order chi connectivity index (χ1) is 8.87. The lowest BCUT2D eigenvalue weighted by molar-refractivity contribution is -0.123. The highest BCUT2D eigenvalue weighted by molar-refractivity contribution is 5.85. The van der Waals surface area contributed by atoms with Crippen LogP contribution in [-0.4, -0.2) is 24.4 Å². The Morgan fingerprint density at radius 2 is 2.10 bits per heavy atom. The third-order valence-electron chi connectivity index (χ3n) is 2.89. The van der Waals surface area contributed by atoms with Crippen molar-refractivity contribution in [2.75, 3.05) is 6.54 Å². The molecule has 1 unspecified atom stereocenters. The predicted molar refractivity (Wildman–Crippen MR) is 66.8 cm³/mol. The Hall–Kier alpha value is -1.34. The molecule has 1 aliphatic rings. The molecule has 0 aliphatic carbocycles. The molecule has 112 valence electrons. The number of hydrogen-bond acceptors (Lipinski definition) is 2. The maximum atomic E-state index is 13.3. The lowest BCUT2D eigenvalue weighted by Crippen LogP contribution is -2.40. The van der Waals surface area contributed by atoms with E-state index in [1.807, 2.05) is 0 Å². The second kappa shape index (κ2) is 6.41. The van der Waals surface area contributed by atoms with Gasteiger partial charge in [0, 0.05) is 24.6 Å². The largest absolute Gasteiger partial charge is 0.351 e. The summed E-state index contributed by atoms with van der Waals surface area (Å²) >= 11 is 0. The summed E-state index contributed by atoms with van der Waals surface area (Å²) in [6.45, 7) is -0.718. The molecular formula is C12H13ClF4N2O. The fourth-order valence-electron chi connectivity index (χ4n) is 1.87. The van der Waals surface area contributed by atoms with E-state index in [1.54, 1.807) is 0 Å². The fourth-order valence-corrected chi connectivity index (χ4v) is 1.87. The summed E-state index contributed by atoms with van der Waals surface area (Å²) < 4.78 is 51.7. The molecule has 1 amide bonds. The molecule has 0 saturated carbocycles. The Kier molecular flexibility index (Phi) is 5.35. The minimum absolute atomic E-state index is 0. The van der Waals surface area contributed by atoms with E-state index in [0.29, 0.717) is 6.07 Å². The van der Waals surface area contributed by atoms with Crippen molar-refractivity contribution in [3.63, 3.8) is 0 Å². The highest BCUT2D eigenvalue weighted by atomic mass is 35.5. The van der Waals surface area contributed by atoms with Gasteiger partial charge in [0.2, 0.25) is 5.91 Å². The summed E-state index contributed by atoms with van der Waals surface area (Å²) in [6, 6.07) is 1.97. The van der Waals surface area contributed by atoms with Crippen LogP contribution in [0, 0.1) is 11.6 Å². The van der Waals surface area contributed by atoms with Gasteiger partial charge in [-0.05, 0) is 6.07 Å². The molecule has 1 aliphatic heterocycles. The van der Waals surface area contributed by atoms with Crippen LogP contribution in [0.5, 0.6) is 0 Å². The van der Waals surface area contributed by atoms with E-state index in [2.05, 4.69) is 10.6 Å². The summed E-state index contributed by atoms with van der Waals surface area (Å²) in [5, 5.41) is 4.73. The monoisotopic (exact) mass is 312 g/mol. The molecule has 1 heterocycles. The van der Waals surface area contributed by atoms with Gasteiger partial charge in [0.05, 0.1) is 12.6 Å². The Morgan fingerprint density at radius 1 is 1.40 bits per heavy atom. The molecule has 1 aromatic rings. The number of halogens is 5. The zero-order valence-corrected chi connectivity index (χ0v) is 11.1. The number of benzene rings is 1. The van der Waals surface area contributed by atoms with Gasteiger partial charge in [-0.1, -0.05) is 6.07 Å². The third kappa shape index (κ3) is 4.08. The highest BCUT2D eigenvalue weighted by Crippen LogP contribution is 2.25. The molecule has 2 N–H and O–H groups in total. The summed E-state index contributed by atoms with van der Waals surface area (Å²) in [5.41, 5.74) is 0.0968. The van der Waals surface area contributed by atoms with Crippen molar-refractivity contribution in [3.05, 3.63) is 35.4 Å². The molecule has 0 bridgehead atoms. The molecule has 1 fully saturated rings. The molecule has 8 heteroatoms. The number of amides is 1. The number of nitrogens with one attached hydrogen (secondary N) is 2. The van der Waals surface area contributed by atoms with Crippen LogP contribution >= 0.6 is 12.4 Å². The smallest absolute Gasteiger partial charge is 0.262 e. The van der Waals surface area contributed by atoms with E-state index in [4.69, 9.17) is 0 Å². The molecule has 3 nitrogen and oxygen atoms in total. The average Bonchev–Trinajstić information content (AvgIpc) is 2.68. The van der Waals surface area contributed by atoms with Crippen LogP contribution in [0.25, 0.3) is 0 Å². The van der Waals surface area contributed by atoms with Gasteiger partial charge >= 0.3 is 0 Å². The van der Waals surface area contributed by atoms with Crippen molar-refractivity contribution < 1.29 is 22.4 Å². The van der Waals surface area contributed by atoms with Crippen LogP contribution in [-0.2, 0) is 11.3 Å². The van der Waals surface area contributed by atoms with E-state index in [0.717, 1.165) is 6.07 Å². The van der Waals surface area contributed by atoms with Crippen LogP contribution in [0.2, 0.25) is 0 Å². The quantitative estimate of drug-likeness (QED) is 0.838. The normalized spacial score (nSPS) is 20.3. The minimum atomic E-state index is -2.90. The predicted octanol–water partition coefficient (Wildman–Crippen LogP) is 2.00. The Bertz CT molecular complexity index is 498. The topological polar surface area (TPSA) is 41.1 Å². The van der Waals surface area contributed by atoms with Gasteiger partial charge in [-0.25, -0.2) is 17.6 Å². The molecule has 20 heavy (non-hydrogen) atoms. The van der Waals surface area contributed by atoms with E-state index < -0.39 is 42.5 Å². The van der Waals surface area contributed by atoms with Crippen molar-refractivity contribution in [2.45, 2.75) is 24.9 Å². The van der Waals surface area contributed by atoms with Crippen molar-refractivity contribution in [1.82, 2.24) is 10.6 Å². The Balaban J connectivity index is 0.00000200. The number of carbonyl (C=O) groups excluding carboxylic acids is 1. The average molecular weight is 313 g/mol. The van der Waals surface area contributed by atoms with Crippen LogP contribution in [0.1, 0.15) is 12.0 Å². The van der Waals surface area contributed by atoms with Gasteiger partial charge < -0.3 is 5.32 Å². The van der Waals surface area contributed by atoms with Gasteiger partial charge in [0.1, 0.15) is 11.6 Å². The highest BCUT2D eigenvalue weighted by Gasteiger charge is 2.42. The summed E-state index contributed by atoms with van der Waals surface area (Å²) in [7, 11) is 0. The standard InChI is InChI=1S/C12H12F4N2O.ClH/c13-8-2-1-7(9(14)3-8)5-17-11(19)10-4-12(15,16)6-18-10;/h1-3,10,18H,4-6H2,(H,17,19);1H. The molecule has 1 saturated heterocycles. The van der Waals surface area contributed by atoms with Crippen LogP contribution < -0.4 is 10.6 Å². The second-order valence-corrected chi connectivity index (χ2v) is 4.45. The second-order valence-electron chi connectivity index (χ2n) is 4.45. The molecule has 0 radical (unpaired) electrons. The molecular weight excluding hydrogens is 300 g/mol. The van der Waals surface area contributed by atoms with Crippen molar-refractivity contribution in [2.24, 2.45) is 0 Å². The van der Waals surface area contributed by atoms with E-state index in [9.17, 15) is 22.4 Å². The maximum Gasteiger partial charge on any atom is 0.262 e. The molecule has 0 spiro atoms. The number of rotatable bonds is 3. The first kappa shape index (κ1) is 16.7. The van der Waals surface area contributed by atoms with Crippen LogP contribution in [0.3, 0.4) is 0 Å². The molecule has 1 atom stereocenters. The van der Waals surface area contributed by atoms with Gasteiger partial charge in [0.25, 0.3) is 5.92 Å². The Labute approximate surface area is 119 Å². The summed E-state index contributed by atoms with van der Waals surface area (Å²) in [4.78, 5) is 11.6. The number of hydrogen-bond donors (Lipinski definition) is 2. The number of alkyl halides is 2. The molecule has 0 aromatic heterocycles. The first-order valence-electron chi connectivity index (χ1n) is 5.70. The SMILES string of the molecule is Cl.O=C(NCc1ccc(F)cc1F)C1CC(F)(F)CN1. The third-order valence-corrected chi connectivity index (χ3v) is 2.89. The maximum absolute atomic E-state index is 13.3. The lowest BCUT2D eigenvalue weighted by Gasteiger charge is -2.11. The van der Waals surface area contributed by atoms with Crippen LogP contribution in [0.15, 0.2) is 18.2 Å². The summed E-state index contributed by atoms with van der Waals surface area (Å²) in [6.07, 6.45) is -0.579. The molecule has 1 aromatic carbocycles. The zero-order valence-electron chi connectivity index (χ0n) is 10.3. The Morgan fingerprint density at radius 3 is 2.65 bits per heavy atom. The fraction of sp³-hybridized carbons (Fsp3) is 0.417. The lowest BCUT2D eigenvalue weighted by atomic mass is 10.1. The zero-order chi connectivity index (χ0) is 14.0. The van der Waals surface area contributed by atoms with E-state index in [-0.39, 0.29) is 24.5 Å². The van der Waals surface area contributed by atoms with Crippen molar-refractivity contribution in [3.8, 4) is 0 Å². The van der Waals surface area contributed by atoms with Crippen molar-refractivity contribution >= 4 is 18.3 Å². The van der Waals surface area contributed by atoms with Gasteiger partial charge in [0.15, 0.2) is 0 Å². The summed E-state index contributed by atoms with van der Waals surface area (Å²) in [5.74, 6) is -5.03. The van der Waals surface area contributed by atoms with Gasteiger partial charge in [-0.3, -0.25) is 10.1 Å². The van der Waals surface area contributed by atoms with Gasteiger partial charge in [-0.15, -0.1) is 12.4 Å². The van der Waals surface area contributed by atoms with E-state index >= 15 is 0 Å². The first-order valence-corrected chi connectivity index (χ1v) is 5.70. The van der Waals surface area contributed by atoms with E-state index in [1.165, 1.54) is 6.07 Å². The van der Waals surface area contributed by atoms with Crippen molar-refractivity contribution in [1.29, 1.82) is 0 Å². The van der Waals surface area contributed by atoms with Gasteiger partial charge in [-0.2, -0.15) is 0 Å². The number of carbonyl (C=O) groups is 1.